The molecule has 3 amide bonds. The van der Waals surface area contributed by atoms with E-state index in [1.807, 2.05) is 0 Å². The molecule has 1 atom stereocenters. The van der Waals surface area contributed by atoms with Crippen molar-refractivity contribution in [3.8, 4) is 0 Å². The van der Waals surface area contributed by atoms with Crippen molar-refractivity contribution in [1.29, 1.82) is 0 Å². The monoisotopic (exact) mass is 661 g/mol. The minimum atomic E-state index is -0.586. The smallest absolute Gasteiger partial charge is 0.338 e. The van der Waals surface area contributed by atoms with Crippen LogP contribution in [0.4, 0.5) is 11.4 Å². The summed E-state index contributed by atoms with van der Waals surface area (Å²) in [5, 5.41) is 8.47. The molecule has 0 spiro atoms. The lowest BCUT2D eigenvalue weighted by Crippen LogP contribution is -2.30. The lowest BCUT2D eigenvalue weighted by Gasteiger charge is -2.14. The summed E-state index contributed by atoms with van der Waals surface area (Å²) in [5.41, 5.74) is 2.12. The molecule has 0 aliphatic heterocycles. The van der Waals surface area contributed by atoms with Gasteiger partial charge in [-0.05, 0) is 92.7 Å². The molecule has 45 heavy (non-hydrogen) atoms. The van der Waals surface area contributed by atoms with E-state index in [0.717, 1.165) is 4.90 Å². The topological polar surface area (TPSA) is 114 Å². The number of nitrogens with one attached hydrogen (secondary N) is 3. The molecule has 0 bridgehead atoms. The van der Waals surface area contributed by atoms with Crippen molar-refractivity contribution in [2.75, 3.05) is 17.2 Å². The minimum Gasteiger partial charge on any atom is -0.462 e. The predicted octanol–water partition coefficient (Wildman–Crippen LogP) is 7.70. The molecule has 0 saturated carbocycles. The van der Waals surface area contributed by atoms with Crippen molar-refractivity contribution >= 4 is 76.1 Å². The van der Waals surface area contributed by atoms with Gasteiger partial charge in [0.25, 0.3) is 11.8 Å². The molecule has 230 valence electrons. The Balaban J connectivity index is 1.41. The Hall–Kier alpha value is -4.57. The Morgan fingerprint density at radius 2 is 1.38 bits per heavy atom. The molecule has 0 aliphatic rings. The van der Waals surface area contributed by atoms with Crippen LogP contribution in [-0.4, -0.2) is 35.5 Å². The summed E-state index contributed by atoms with van der Waals surface area (Å²) >= 11 is 14.0. The number of halogens is 2. The van der Waals surface area contributed by atoms with E-state index in [-0.39, 0.29) is 18.2 Å². The van der Waals surface area contributed by atoms with Gasteiger partial charge in [0, 0.05) is 37.4 Å². The first-order valence-corrected chi connectivity index (χ1v) is 15.5. The lowest BCUT2D eigenvalue weighted by molar-refractivity contribution is -0.115. The summed E-state index contributed by atoms with van der Waals surface area (Å²) in [6, 6.07) is 26.8. The number of carbonyl (C=O) groups excluding carboxylic acids is 4. The van der Waals surface area contributed by atoms with Gasteiger partial charge in [0.2, 0.25) is 5.91 Å². The van der Waals surface area contributed by atoms with E-state index in [1.165, 1.54) is 17.8 Å². The van der Waals surface area contributed by atoms with Gasteiger partial charge in [-0.3, -0.25) is 14.4 Å². The summed E-state index contributed by atoms with van der Waals surface area (Å²) in [7, 11) is 0. The molecule has 1 unspecified atom stereocenters. The van der Waals surface area contributed by atoms with Crippen molar-refractivity contribution in [2.24, 2.45) is 0 Å². The summed E-state index contributed by atoms with van der Waals surface area (Å²) in [5.74, 6) is -1.71. The van der Waals surface area contributed by atoms with Crippen molar-refractivity contribution in [1.82, 2.24) is 5.32 Å². The fourth-order valence-electron chi connectivity index (χ4n) is 3.96. The van der Waals surface area contributed by atoms with E-state index in [1.54, 1.807) is 111 Å². The number of esters is 1. The Labute approximate surface area is 275 Å². The molecule has 4 rings (SSSR count). The highest BCUT2D eigenvalue weighted by Gasteiger charge is 2.18. The number of thioether (sulfide) groups is 1. The SMILES string of the molecule is CCOC(=O)c1ccc(NC(=O)C(C)Sc2ccc(NC(=O)/C(=C/c3c(Cl)cccc3Cl)NC(=O)c3ccccc3)cc2)cc1. The largest absolute Gasteiger partial charge is 0.462 e. The van der Waals surface area contributed by atoms with Crippen LogP contribution in [0.1, 0.15) is 40.1 Å². The number of hydrogen-bond acceptors (Lipinski definition) is 6. The van der Waals surface area contributed by atoms with Crippen LogP contribution in [0.15, 0.2) is 108 Å². The van der Waals surface area contributed by atoms with Crippen LogP contribution in [0, 0.1) is 0 Å². The fourth-order valence-corrected chi connectivity index (χ4v) is 5.33. The quantitative estimate of drug-likeness (QED) is 0.0862. The fraction of sp³-hybridized carbons (Fsp3) is 0.118. The minimum absolute atomic E-state index is 0.0575. The van der Waals surface area contributed by atoms with Crippen LogP contribution in [0.3, 0.4) is 0 Å². The second-order valence-electron chi connectivity index (χ2n) is 9.54. The van der Waals surface area contributed by atoms with E-state index in [9.17, 15) is 19.2 Å². The van der Waals surface area contributed by atoms with E-state index < -0.39 is 23.0 Å². The molecular formula is C34H29Cl2N3O5S. The van der Waals surface area contributed by atoms with Gasteiger partial charge >= 0.3 is 5.97 Å². The molecule has 0 radical (unpaired) electrons. The molecule has 0 aromatic heterocycles. The number of rotatable bonds is 11. The van der Waals surface area contributed by atoms with Gasteiger partial charge in [-0.1, -0.05) is 47.5 Å². The van der Waals surface area contributed by atoms with Crippen molar-refractivity contribution < 1.29 is 23.9 Å². The molecule has 8 nitrogen and oxygen atoms in total. The van der Waals surface area contributed by atoms with Crippen LogP contribution in [-0.2, 0) is 14.3 Å². The average Bonchev–Trinajstić information content (AvgIpc) is 3.04. The Kier molecular flexibility index (Phi) is 11.8. The molecule has 11 heteroatoms. The third-order valence-electron chi connectivity index (χ3n) is 6.28. The van der Waals surface area contributed by atoms with Crippen molar-refractivity contribution in [2.45, 2.75) is 24.0 Å². The lowest BCUT2D eigenvalue weighted by atomic mass is 10.1. The average molecular weight is 663 g/mol. The molecule has 4 aromatic carbocycles. The normalized spacial score (nSPS) is 11.7. The first-order valence-electron chi connectivity index (χ1n) is 13.8. The molecule has 0 saturated heterocycles. The number of carbonyl (C=O) groups is 4. The van der Waals surface area contributed by atoms with Crippen LogP contribution in [0.25, 0.3) is 6.08 Å². The summed E-state index contributed by atoms with van der Waals surface area (Å²) < 4.78 is 4.98. The zero-order chi connectivity index (χ0) is 32.3. The predicted molar refractivity (Wildman–Crippen MR) is 180 cm³/mol. The standard InChI is InChI=1S/C34H29Cl2N3O5S/c1-3-44-34(43)23-12-14-24(15-13-23)37-31(40)21(2)45-26-18-16-25(17-19-26)38-33(42)30(20-27-28(35)10-7-11-29(27)36)39-32(41)22-8-5-4-6-9-22/h4-21H,3H2,1-2H3,(H,37,40)(H,38,42)(H,39,41)/b30-20-. The zero-order valence-corrected chi connectivity index (χ0v) is 26.6. The Morgan fingerprint density at radius 1 is 0.778 bits per heavy atom. The number of ether oxygens (including phenoxy) is 1. The number of benzene rings is 4. The number of amides is 3. The van der Waals surface area contributed by atoms with E-state index in [0.29, 0.717) is 38.1 Å². The van der Waals surface area contributed by atoms with Gasteiger partial charge in [-0.25, -0.2) is 4.79 Å². The van der Waals surface area contributed by atoms with E-state index in [2.05, 4.69) is 16.0 Å². The maximum atomic E-state index is 13.4. The summed E-state index contributed by atoms with van der Waals surface area (Å²) in [4.78, 5) is 51.7. The van der Waals surface area contributed by atoms with Gasteiger partial charge in [0.05, 0.1) is 17.4 Å². The van der Waals surface area contributed by atoms with Gasteiger partial charge < -0.3 is 20.7 Å². The molecular weight excluding hydrogens is 633 g/mol. The van der Waals surface area contributed by atoms with E-state index >= 15 is 0 Å². The molecule has 4 aromatic rings. The van der Waals surface area contributed by atoms with E-state index in [4.69, 9.17) is 27.9 Å². The van der Waals surface area contributed by atoms with Crippen molar-refractivity contribution in [3.05, 3.63) is 129 Å². The molecule has 3 N–H and O–H groups in total. The highest BCUT2D eigenvalue weighted by Crippen LogP contribution is 2.28. The number of hydrogen-bond donors (Lipinski definition) is 3. The van der Waals surface area contributed by atoms with Crippen LogP contribution in [0.5, 0.6) is 0 Å². The highest BCUT2D eigenvalue weighted by molar-refractivity contribution is 8.00. The zero-order valence-electron chi connectivity index (χ0n) is 24.3. The first kappa shape index (κ1) is 33.3. The molecule has 0 aliphatic carbocycles. The summed E-state index contributed by atoms with van der Waals surface area (Å²) in [6.07, 6.45) is 1.43. The maximum absolute atomic E-state index is 13.4. The molecule has 0 fully saturated rings. The van der Waals surface area contributed by atoms with Gasteiger partial charge in [0.15, 0.2) is 0 Å². The van der Waals surface area contributed by atoms with Gasteiger partial charge in [-0.15, -0.1) is 11.8 Å². The third-order valence-corrected chi connectivity index (χ3v) is 8.05. The second kappa shape index (κ2) is 15.9. The summed E-state index contributed by atoms with van der Waals surface area (Å²) in [6.45, 7) is 3.79. The number of anilines is 2. The Bertz CT molecular complexity index is 1690. The van der Waals surface area contributed by atoms with Crippen molar-refractivity contribution in [3.63, 3.8) is 0 Å². The van der Waals surface area contributed by atoms with Crippen LogP contribution in [0.2, 0.25) is 10.0 Å². The third kappa shape index (κ3) is 9.46. The van der Waals surface area contributed by atoms with Gasteiger partial charge in [-0.2, -0.15) is 0 Å². The van der Waals surface area contributed by atoms with Crippen LogP contribution >= 0.6 is 35.0 Å². The second-order valence-corrected chi connectivity index (χ2v) is 11.8. The van der Waals surface area contributed by atoms with Gasteiger partial charge in [0.1, 0.15) is 5.70 Å². The Morgan fingerprint density at radius 3 is 2.00 bits per heavy atom. The first-order chi connectivity index (χ1) is 21.6. The highest BCUT2D eigenvalue weighted by atomic mass is 35.5. The maximum Gasteiger partial charge on any atom is 0.338 e. The molecule has 0 heterocycles. The van der Waals surface area contributed by atoms with Crippen LogP contribution < -0.4 is 16.0 Å².